The van der Waals surface area contributed by atoms with E-state index >= 15 is 0 Å². The van der Waals surface area contributed by atoms with Crippen molar-refractivity contribution in [2.24, 2.45) is 0 Å². The van der Waals surface area contributed by atoms with Crippen LogP contribution >= 0.6 is 11.9 Å². The van der Waals surface area contributed by atoms with Crippen molar-refractivity contribution in [3.05, 3.63) is 41.5 Å². The summed E-state index contributed by atoms with van der Waals surface area (Å²) in [7, 11) is 0. The molecule has 0 radical (unpaired) electrons. The van der Waals surface area contributed by atoms with Crippen LogP contribution in [0.15, 0.2) is 30.3 Å². The van der Waals surface area contributed by atoms with Gasteiger partial charge in [-0.3, -0.25) is 5.10 Å². The van der Waals surface area contributed by atoms with Crippen molar-refractivity contribution in [2.45, 2.75) is 5.25 Å². The summed E-state index contributed by atoms with van der Waals surface area (Å²) in [5, 5.41) is 7.12. The number of anilines is 2. The minimum Gasteiger partial charge on any atom is -0.384 e. The molecule has 0 spiro atoms. The normalized spacial score (nSPS) is 18.5. The Balaban J connectivity index is 2.07. The minimum atomic E-state index is 0.236. The van der Waals surface area contributed by atoms with E-state index in [-0.39, 0.29) is 5.25 Å². The van der Waals surface area contributed by atoms with Gasteiger partial charge >= 0.3 is 0 Å². The zero-order valence-electron chi connectivity index (χ0n) is 7.90. The van der Waals surface area contributed by atoms with Crippen LogP contribution in [0, 0.1) is 0 Å². The molecule has 1 unspecified atom stereocenters. The van der Waals surface area contributed by atoms with Gasteiger partial charge in [0.25, 0.3) is 0 Å². The maximum Gasteiger partial charge on any atom is 0.164 e. The van der Waals surface area contributed by atoms with Crippen LogP contribution in [0.3, 0.4) is 0 Å². The average molecular weight is 218 g/mol. The lowest BCUT2D eigenvalue weighted by Gasteiger charge is -2.08. The highest BCUT2D eigenvalue weighted by Crippen LogP contribution is 2.47. The minimum absolute atomic E-state index is 0.236. The average Bonchev–Trinajstić information content (AvgIpc) is 2.84. The molecule has 3 rings (SSSR count). The van der Waals surface area contributed by atoms with Gasteiger partial charge in [0.1, 0.15) is 5.82 Å². The Morgan fingerprint density at radius 3 is 2.87 bits per heavy atom. The number of nitrogens with zero attached hydrogens (tertiary/aromatic N) is 1. The first-order chi connectivity index (χ1) is 7.36. The highest BCUT2D eigenvalue weighted by atomic mass is 32.2. The van der Waals surface area contributed by atoms with E-state index in [0.29, 0.717) is 5.82 Å². The number of nitrogens with two attached hydrogens (primary N) is 1. The van der Waals surface area contributed by atoms with E-state index in [4.69, 9.17) is 5.73 Å². The number of nitrogen functional groups attached to an aromatic ring is 1. The van der Waals surface area contributed by atoms with Crippen molar-refractivity contribution in [1.82, 2.24) is 10.2 Å². The van der Waals surface area contributed by atoms with Crippen LogP contribution in [-0.2, 0) is 0 Å². The number of nitrogens with one attached hydrogen (secondary N) is 2. The summed E-state index contributed by atoms with van der Waals surface area (Å²) >= 11 is 1.63. The van der Waals surface area contributed by atoms with Gasteiger partial charge in [-0.05, 0) is 17.5 Å². The van der Waals surface area contributed by atoms with E-state index in [1.54, 1.807) is 11.9 Å². The van der Waals surface area contributed by atoms with Gasteiger partial charge in [-0.1, -0.05) is 30.3 Å². The lowest BCUT2D eigenvalue weighted by atomic mass is 10.1. The third-order valence-corrected chi connectivity index (χ3v) is 3.53. The Hall–Kier alpha value is -1.62. The number of fused-ring (bicyclic) bond motifs is 1. The lowest BCUT2D eigenvalue weighted by Crippen LogP contribution is -1.96. The number of benzene rings is 1. The highest BCUT2D eigenvalue weighted by Gasteiger charge is 2.29. The summed E-state index contributed by atoms with van der Waals surface area (Å²) in [6, 6.07) is 10.3. The summed E-state index contributed by atoms with van der Waals surface area (Å²) in [6.45, 7) is 0. The molecule has 0 amide bonds. The SMILES string of the molecule is Nc1[nH]nc2c1C(c1ccccc1)SN2. The molecule has 5 heteroatoms. The second kappa shape index (κ2) is 3.20. The molecule has 2 aromatic rings. The van der Waals surface area contributed by atoms with E-state index < -0.39 is 0 Å². The summed E-state index contributed by atoms with van der Waals surface area (Å²) in [5.74, 6) is 1.50. The van der Waals surface area contributed by atoms with Crippen LogP contribution in [0.1, 0.15) is 16.4 Å². The quantitative estimate of drug-likeness (QED) is 0.642. The predicted molar refractivity (Wildman–Crippen MR) is 62.5 cm³/mol. The van der Waals surface area contributed by atoms with Gasteiger partial charge in [0, 0.05) is 0 Å². The standard InChI is InChI=1S/C10H10N4S/c11-9-7-8(6-4-2-1-3-5-6)15-14-10(7)13-12-9/h1-5,8H,(H4,11,12,13,14). The van der Waals surface area contributed by atoms with Gasteiger partial charge in [-0.15, -0.1) is 0 Å². The zero-order valence-corrected chi connectivity index (χ0v) is 8.71. The van der Waals surface area contributed by atoms with Gasteiger partial charge in [-0.25, -0.2) is 0 Å². The molecular weight excluding hydrogens is 208 g/mol. The molecule has 4 N–H and O–H groups in total. The zero-order chi connectivity index (χ0) is 10.3. The summed E-state index contributed by atoms with van der Waals surface area (Å²) in [5.41, 5.74) is 8.15. The monoisotopic (exact) mass is 218 g/mol. The molecule has 4 nitrogen and oxygen atoms in total. The highest BCUT2D eigenvalue weighted by molar-refractivity contribution is 8.01. The second-order valence-corrected chi connectivity index (χ2v) is 4.32. The number of aromatic amines is 1. The molecule has 0 aliphatic carbocycles. The maximum atomic E-state index is 5.85. The Labute approximate surface area is 91.4 Å². The van der Waals surface area contributed by atoms with Crippen LogP contribution in [0.5, 0.6) is 0 Å². The van der Waals surface area contributed by atoms with E-state index in [9.17, 15) is 0 Å². The molecule has 1 aliphatic rings. The van der Waals surface area contributed by atoms with E-state index in [0.717, 1.165) is 11.4 Å². The fourth-order valence-electron chi connectivity index (χ4n) is 1.74. The van der Waals surface area contributed by atoms with Gasteiger partial charge in [-0.2, -0.15) is 5.10 Å². The molecule has 2 heterocycles. The van der Waals surface area contributed by atoms with E-state index in [1.165, 1.54) is 5.56 Å². The summed E-state index contributed by atoms with van der Waals surface area (Å²) < 4.78 is 3.16. The summed E-state index contributed by atoms with van der Waals surface area (Å²) in [4.78, 5) is 0. The fourth-order valence-corrected chi connectivity index (χ4v) is 2.78. The first kappa shape index (κ1) is 8.67. The van der Waals surface area contributed by atoms with Crippen LogP contribution in [-0.4, -0.2) is 10.2 Å². The van der Waals surface area contributed by atoms with Crippen molar-refractivity contribution >= 4 is 23.6 Å². The van der Waals surface area contributed by atoms with Crippen molar-refractivity contribution in [3.8, 4) is 0 Å². The fraction of sp³-hybridized carbons (Fsp3) is 0.100. The van der Waals surface area contributed by atoms with E-state index in [1.807, 2.05) is 18.2 Å². The third kappa shape index (κ3) is 1.27. The molecule has 15 heavy (non-hydrogen) atoms. The number of aromatic nitrogens is 2. The topological polar surface area (TPSA) is 66.7 Å². The Morgan fingerprint density at radius 1 is 1.27 bits per heavy atom. The molecule has 0 saturated heterocycles. The molecule has 1 atom stereocenters. The van der Waals surface area contributed by atoms with Crippen molar-refractivity contribution in [2.75, 3.05) is 10.5 Å². The van der Waals surface area contributed by atoms with Gasteiger partial charge in [0.15, 0.2) is 5.82 Å². The maximum absolute atomic E-state index is 5.85. The molecule has 1 aromatic carbocycles. The van der Waals surface area contributed by atoms with Gasteiger partial charge < -0.3 is 10.5 Å². The molecule has 0 fully saturated rings. The number of rotatable bonds is 1. The molecule has 0 bridgehead atoms. The van der Waals surface area contributed by atoms with Crippen LogP contribution in [0.25, 0.3) is 0 Å². The van der Waals surface area contributed by atoms with Crippen LogP contribution in [0.4, 0.5) is 11.6 Å². The lowest BCUT2D eigenvalue weighted by molar-refractivity contribution is 1.10. The van der Waals surface area contributed by atoms with Crippen molar-refractivity contribution in [3.63, 3.8) is 0 Å². The first-order valence-electron chi connectivity index (χ1n) is 4.66. The molecule has 0 saturated carbocycles. The van der Waals surface area contributed by atoms with Gasteiger partial charge in [0.2, 0.25) is 0 Å². The van der Waals surface area contributed by atoms with E-state index in [2.05, 4.69) is 27.1 Å². The summed E-state index contributed by atoms with van der Waals surface area (Å²) in [6.07, 6.45) is 0. The predicted octanol–water partition coefficient (Wildman–Crippen LogP) is 2.15. The third-order valence-electron chi connectivity index (χ3n) is 2.47. The van der Waals surface area contributed by atoms with Crippen molar-refractivity contribution < 1.29 is 0 Å². The number of hydrogen-bond donors (Lipinski definition) is 3. The Morgan fingerprint density at radius 2 is 2.07 bits per heavy atom. The van der Waals surface area contributed by atoms with Gasteiger partial charge in [0.05, 0.1) is 10.8 Å². The molecular formula is C10H10N4S. The van der Waals surface area contributed by atoms with Crippen LogP contribution in [0.2, 0.25) is 0 Å². The smallest absolute Gasteiger partial charge is 0.164 e. The number of H-pyrrole nitrogens is 1. The van der Waals surface area contributed by atoms with Crippen molar-refractivity contribution in [1.29, 1.82) is 0 Å². The van der Waals surface area contributed by atoms with Crippen LogP contribution < -0.4 is 10.5 Å². The Kier molecular flexibility index (Phi) is 1.85. The number of hydrogen-bond acceptors (Lipinski definition) is 4. The second-order valence-electron chi connectivity index (χ2n) is 3.41. The Bertz CT molecular complexity index is 479. The molecule has 1 aromatic heterocycles. The molecule has 76 valence electrons. The first-order valence-corrected chi connectivity index (χ1v) is 5.54. The largest absolute Gasteiger partial charge is 0.384 e. The molecule has 1 aliphatic heterocycles.